The Kier molecular flexibility index (Phi) is 4.32. The van der Waals surface area contributed by atoms with Crippen LogP contribution in [0.15, 0.2) is 22.8 Å². The predicted octanol–water partition coefficient (Wildman–Crippen LogP) is 2.56. The molecule has 2 saturated heterocycles. The minimum atomic E-state index is -0.686. The Balaban J connectivity index is 1.68. The molecule has 0 bridgehead atoms. The Bertz CT molecular complexity index is 652. The predicted molar refractivity (Wildman–Crippen MR) is 92.6 cm³/mol. The first kappa shape index (κ1) is 17.2. The summed E-state index contributed by atoms with van der Waals surface area (Å²) < 4.78 is 6.44. The van der Waals surface area contributed by atoms with Crippen molar-refractivity contribution >= 4 is 27.9 Å². The highest BCUT2D eigenvalue weighted by molar-refractivity contribution is 9.10. The molecule has 0 N–H and O–H groups in total. The van der Waals surface area contributed by atoms with Gasteiger partial charge in [-0.15, -0.1) is 0 Å². The molecule has 2 amide bonds. The summed E-state index contributed by atoms with van der Waals surface area (Å²) in [7, 11) is 1.75. The molecule has 2 fully saturated rings. The third-order valence-electron chi connectivity index (χ3n) is 5.01. The van der Waals surface area contributed by atoms with Crippen LogP contribution in [0.1, 0.15) is 32.4 Å². The first-order chi connectivity index (χ1) is 11.2. The summed E-state index contributed by atoms with van der Waals surface area (Å²) in [4.78, 5) is 32.5. The van der Waals surface area contributed by atoms with Crippen molar-refractivity contribution in [2.45, 2.75) is 37.7 Å². The van der Waals surface area contributed by atoms with Gasteiger partial charge in [-0.1, -0.05) is 0 Å². The van der Waals surface area contributed by atoms with Crippen molar-refractivity contribution in [3.8, 4) is 0 Å². The summed E-state index contributed by atoms with van der Waals surface area (Å²) in [6.07, 6.45) is 2.80. The Morgan fingerprint density at radius 2 is 2.00 bits per heavy atom. The van der Waals surface area contributed by atoms with Crippen LogP contribution in [0, 0.1) is 0 Å². The molecule has 0 atom stereocenters. The second-order valence-electron chi connectivity index (χ2n) is 7.19. The smallest absolute Gasteiger partial charge is 0.410 e. The molecule has 1 aromatic heterocycles. The third-order valence-corrected chi connectivity index (χ3v) is 5.47. The lowest BCUT2D eigenvalue weighted by molar-refractivity contribution is -0.139. The molecule has 0 saturated carbocycles. The molecule has 130 valence electrons. The van der Waals surface area contributed by atoms with E-state index in [9.17, 15) is 9.59 Å². The average Bonchev–Trinajstić information content (AvgIpc) is 2.82. The fraction of sp³-hybridized carbons (Fsp3) is 0.588. The molecule has 1 aromatic rings. The van der Waals surface area contributed by atoms with Gasteiger partial charge in [0.05, 0.1) is 17.7 Å². The summed E-state index contributed by atoms with van der Waals surface area (Å²) in [5.74, 6) is 0.0600. The lowest BCUT2D eigenvalue weighted by Crippen LogP contribution is -2.52. The molecule has 0 aromatic carbocycles. The van der Waals surface area contributed by atoms with E-state index in [-0.39, 0.29) is 12.0 Å². The van der Waals surface area contributed by atoms with Crippen molar-refractivity contribution in [3.05, 3.63) is 28.5 Å². The van der Waals surface area contributed by atoms with Crippen LogP contribution in [-0.2, 0) is 14.9 Å². The van der Waals surface area contributed by atoms with E-state index in [1.54, 1.807) is 18.1 Å². The quantitative estimate of drug-likeness (QED) is 0.771. The molecule has 0 aliphatic carbocycles. The van der Waals surface area contributed by atoms with Gasteiger partial charge in [-0.25, -0.2) is 4.79 Å². The lowest BCUT2D eigenvalue weighted by Gasteiger charge is -2.40. The Labute approximate surface area is 150 Å². The number of hydrogen-bond acceptors (Lipinski definition) is 4. The maximum atomic E-state index is 13.0. The number of halogens is 1. The number of amides is 2. The SMILES string of the molecule is CN1CC2(CCN(C(=O)C(C)(C)c3ccc(Br)cn3)CC2)OC1=O. The van der Waals surface area contributed by atoms with E-state index in [1.165, 1.54) is 0 Å². The van der Waals surface area contributed by atoms with E-state index in [0.717, 1.165) is 10.2 Å². The van der Waals surface area contributed by atoms with Crippen molar-refractivity contribution in [1.29, 1.82) is 0 Å². The van der Waals surface area contributed by atoms with Crippen molar-refractivity contribution in [2.75, 3.05) is 26.7 Å². The van der Waals surface area contributed by atoms with E-state index in [1.807, 2.05) is 30.9 Å². The molecule has 24 heavy (non-hydrogen) atoms. The van der Waals surface area contributed by atoms with Gasteiger partial charge < -0.3 is 14.5 Å². The van der Waals surface area contributed by atoms with Crippen LogP contribution in [-0.4, -0.2) is 59.1 Å². The summed E-state index contributed by atoms with van der Waals surface area (Å²) in [5, 5.41) is 0. The maximum absolute atomic E-state index is 13.0. The Morgan fingerprint density at radius 1 is 1.33 bits per heavy atom. The minimum absolute atomic E-state index is 0.0600. The molecule has 3 rings (SSSR count). The molecular weight excluding hydrogens is 374 g/mol. The fourth-order valence-electron chi connectivity index (χ4n) is 3.42. The van der Waals surface area contributed by atoms with Crippen LogP contribution in [0.25, 0.3) is 0 Å². The molecule has 2 aliphatic heterocycles. The number of piperidine rings is 1. The van der Waals surface area contributed by atoms with Crippen LogP contribution >= 0.6 is 15.9 Å². The van der Waals surface area contributed by atoms with Gasteiger partial charge in [-0.2, -0.15) is 0 Å². The number of ether oxygens (including phenoxy) is 1. The van der Waals surface area contributed by atoms with E-state index in [0.29, 0.717) is 32.5 Å². The van der Waals surface area contributed by atoms with Crippen molar-refractivity contribution in [1.82, 2.24) is 14.8 Å². The third kappa shape index (κ3) is 3.01. The van der Waals surface area contributed by atoms with Gasteiger partial charge in [-0.05, 0) is 41.9 Å². The maximum Gasteiger partial charge on any atom is 0.410 e. The Morgan fingerprint density at radius 3 is 2.50 bits per heavy atom. The average molecular weight is 396 g/mol. The van der Waals surface area contributed by atoms with E-state index in [2.05, 4.69) is 20.9 Å². The molecule has 7 heteroatoms. The van der Waals surface area contributed by atoms with Crippen molar-refractivity contribution in [2.24, 2.45) is 0 Å². The summed E-state index contributed by atoms with van der Waals surface area (Å²) in [6.45, 7) is 5.60. The molecular formula is C17H22BrN3O3. The second-order valence-corrected chi connectivity index (χ2v) is 8.10. The molecule has 1 spiro atoms. The minimum Gasteiger partial charge on any atom is -0.441 e. The van der Waals surface area contributed by atoms with Crippen molar-refractivity contribution < 1.29 is 14.3 Å². The van der Waals surface area contributed by atoms with Crippen LogP contribution < -0.4 is 0 Å². The second kappa shape index (κ2) is 6.02. The largest absolute Gasteiger partial charge is 0.441 e. The highest BCUT2D eigenvalue weighted by Gasteiger charge is 2.47. The standard InChI is InChI=1S/C17H22BrN3O3/c1-16(2,13-5-4-12(18)10-19-13)14(22)21-8-6-17(7-9-21)11-20(3)15(23)24-17/h4-5,10H,6-9,11H2,1-3H3. The van der Waals surface area contributed by atoms with E-state index in [4.69, 9.17) is 4.74 Å². The number of likely N-dealkylation sites (N-methyl/N-ethyl adjacent to an activating group) is 1. The number of carbonyl (C=O) groups is 2. The number of hydrogen-bond donors (Lipinski definition) is 0. The van der Waals surface area contributed by atoms with Gasteiger partial charge >= 0.3 is 6.09 Å². The zero-order valence-electron chi connectivity index (χ0n) is 14.2. The van der Waals surface area contributed by atoms with Gasteiger partial charge in [-0.3, -0.25) is 9.78 Å². The van der Waals surface area contributed by atoms with E-state index >= 15 is 0 Å². The van der Waals surface area contributed by atoms with Crippen LogP contribution in [0.4, 0.5) is 4.79 Å². The van der Waals surface area contributed by atoms with Crippen LogP contribution in [0.2, 0.25) is 0 Å². The van der Waals surface area contributed by atoms with Gasteiger partial charge in [0.25, 0.3) is 0 Å². The zero-order chi connectivity index (χ0) is 17.5. The highest BCUT2D eigenvalue weighted by Crippen LogP contribution is 2.34. The fourth-order valence-corrected chi connectivity index (χ4v) is 3.65. The number of carbonyl (C=O) groups excluding carboxylic acids is 2. The van der Waals surface area contributed by atoms with Crippen molar-refractivity contribution in [3.63, 3.8) is 0 Å². The molecule has 2 aliphatic rings. The normalized spacial score (nSPS) is 20.4. The summed E-state index contributed by atoms with van der Waals surface area (Å²) in [6, 6.07) is 3.78. The van der Waals surface area contributed by atoms with Gasteiger partial charge in [0.1, 0.15) is 5.60 Å². The van der Waals surface area contributed by atoms with Crippen LogP contribution in [0.5, 0.6) is 0 Å². The number of nitrogens with zero attached hydrogens (tertiary/aromatic N) is 3. The first-order valence-electron chi connectivity index (χ1n) is 8.09. The van der Waals surface area contributed by atoms with Gasteiger partial charge in [0, 0.05) is 43.6 Å². The highest BCUT2D eigenvalue weighted by atomic mass is 79.9. The number of pyridine rings is 1. The number of likely N-dealkylation sites (tertiary alicyclic amines) is 1. The lowest BCUT2D eigenvalue weighted by atomic mass is 9.84. The topological polar surface area (TPSA) is 62.7 Å². The van der Waals surface area contributed by atoms with Gasteiger partial charge in [0.15, 0.2) is 0 Å². The first-order valence-corrected chi connectivity index (χ1v) is 8.88. The number of aromatic nitrogens is 1. The number of rotatable bonds is 2. The molecule has 0 radical (unpaired) electrons. The summed E-state index contributed by atoms with van der Waals surface area (Å²) in [5.41, 5.74) is -0.361. The van der Waals surface area contributed by atoms with E-state index < -0.39 is 11.0 Å². The molecule has 0 unspecified atom stereocenters. The Hall–Kier alpha value is -1.63. The monoisotopic (exact) mass is 395 g/mol. The van der Waals surface area contributed by atoms with Gasteiger partial charge in [0.2, 0.25) is 5.91 Å². The van der Waals surface area contributed by atoms with Crippen LogP contribution in [0.3, 0.4) is 0 Å². The molecule has 3 heterocycles. The zero-order valence-corrected chi connectivity index (χ0v) is 15.8. The molecule has 6 nitrogen and oxygen atoms in total. The summed E-state index contributed by atoms with van der Waals surface area (Å²) >= 11 is 3.37.